The van der Waals surface area contributed by atoms with Gasteiger partial charge in [0.1, 0.15) is 0 Å². The lowest BCUT2D eigenvalue weighted by atomic mass is 10.1. The van der Waals surface area contributed by atoms with Crippen LogP contribution in [-0.4, -0.2) is 10.5 Å². The minimum absolute atomic E-state index is 0.192. The summed E-state index contributed by atoms with van der Waals surface area (Å²) in [5.41, 5.74) is 2.01. The molecule has 1 amide bonds. The Balaban J connectivity index is 1.99. The molecule has 0 aliphatic rings. The van der Waals surface area contributed by atoms with Gasteiger partial charge in [-0.05, 0) is 23.8 Å². The van der Waals surface area contributed by atoms with Gasteiger partial charge >= 0.3 is 0 Å². The topological polar surface area (TPSA) is 42.3 Å². The van der Waals surface area contributed by atoms with Crippen LogP contribution in [0.15, 0.2) is 83.8 Å². The maximum atomic E-state index is 13.0. The molecule has 1 aromatic heterocycles. The standard InChI is InChI=1S/C20H18N2O2/c1-21-13-12-17(14-19(21)23)20(24)22(18-10-6-3-7-11-18)15-16-8-4-2-5-9-16/h2-14H,15H2,1H3. The molecule has 4 heteroatoms. The second kappa shape index (κ2) is 6.96. The lowest BCUT2D eigenvalue weighted by molar-refractivity contribution is 0.0985. The van der Waals surface area contributed by atoms with Crippen LogP contribution in [0, 0.1) is 0 Å². The first-order valence-electron chi connectivity index (χ1n) is 7.72. The molecule has 2 aromatic carbocycles. The molecule has 3 aromatic rings. The molecule has 0 aliphatic carbocycles. The van der Waals surface area contributed by atoms with Crippen molar-refractivity contribution in [2.45, 2.75) is 6.54 Å². The van der Waals surface area contributed by atoms with E-state index in [1.807, 2.05) is 60.7 Å². The van der Waals surface area contributed by atoms with E-state index in [9.17, 15) is 9.59 Å². The number of para-hydroxylation sites is 1. The van der Waals surface area contributed by atoms with Crippen molar-refractivity contribution in [1.82, 2.24) is 4.57 Å². The number of benzene rings is 2. The summed E-state index contributed by atoms with van der Waals surface area (Å²) < 4.78 is 1.45. The highest BCUT2D eigenvalue weighted by Crippen LogP contribution is 2.19. The van der Waals surface area contributed by atoms with Crippen molar-refractivity contribution in [1.29, 1.82) is 0 Å². The number of aryl methyl sites for hydroxylation is 1. The molecule has 120 valence electrons. The number of aromatic nitrogens is 1. The van der Waals surface area contributed by atoms with Gasteiger partial charge in [0, 0.05) is 30.6 Å². The maximum absolute atomic E-state index is 13.0. The molecule has 0 fully saturated rings. The van der Waals surface area contributed by atoms with Crippen LogP contribution in [-0.2, 0) is 13.6 Å². The molecular weight excluding hydrogens is 300 g/mol. The molecule has 0 N–H and O–H groups in total. The molecule has 0 aliphatic heterocycles. The van der Waals surface area contributed by atoms with Crippen LogP contribution in [0.1, 0.15) is 15.9 Å². The Morgan fingerprint density at radius 2 is 1.58 bits per heavy atom. The Bertz CT molecular complexity index is 886. The first kappa shape index (κ1) is 15.7. The number of rotatable bonds is 4. The third-order valence-corrected chi connectivity index (χ3v) is 3.85. The molecule has 0 bridgehead atoms. The molecule has 0 saturated heterocycles. The van der Waals surface area contributed by atoms with Crippen molar-refractivity contribution in [3.63, 3.8) is 0 Å². The van der Waals surface area contributed by atoms with Crippen LogP contribution >= 0.6 is 0 Å². The molecule has 1 heterocycles. The summed E-state index contributed by atoms with van der Waals surface area (Å²) in [7, 11) is 1.66. The molecule has 0 atom stereocenters. The van der Waals surface area contributed by atoms with E-state index in [0.717, 1.165) is 11.3 Å². The fraction of sp³-hybridized carbons (Fsp3) is 0.100. The fourth-order valence-electron chi connectivity index (χ4n) is 2.49. The smallest absolute Gasteiger partial charge is 0.258 e. The highest BCUT2D eigenvalue weighted by atomic mass is 16.2. The molecule has 0 saturated carbocycles. The summed E-state index contributed by atoms with van der Waals surface area (Å²) in [6.45, 7) is 0.443. The van der Waals surface area contributed by atoms with Crippen LogP contribution in [0.4, 0.5) is 5.69 Å². The number of anilines is 1. The number of carbonyl (C=O) groups is 1. The molecular formula is C20H18N2O2. The van der Waals surface area contributed by atoms with Gasteiger partial charge in [0.2, 0.25) is 0 Å². The second-order valence-electron chi connectivity index (χ2n) is 5.58. The van der Waals surface area contributed by atoms with E-state index in [2.05, 4.69) is 0 Å². The van der Waals surface area contributed by atoms with Gasteiger partial charge < -0.3 is 9.47 Å². The Hall–Kier alpha value is -3.14. The van der Waals surface area contributed by atoms with E-state index >= 15 is 0 Å². The Kier molecular flexibility index (Phi) is 4.57. The van der Waals surface area contributed by atoms with Crippen LogP contribution < -0.4 is 10.5 Å². The van der Waals surface area contributed by atoms with Crippen molar-refractivity contribution in [3.05, 3.63) is 100 Å². The van der Waals surface area contributed by atoms with Crippen LogP contribution in [0.2, 0.25) is 0 Å². The third-order valence-electron chi connectivity index (χ3n) is 3.85. The van der Waals surface area contributed by atoms with Gasteiger partial charge in [-0.3, -0.25) is 9.59 Å². The van der Waals surface area contributed by atoms with E-state index in [4.69, 9.17) is 0 Å². The van der Waals surface area contributed by atoms with Gasteiger partial charge in [0.15, 0.2) is 0 Å². The van der Waals surface area contributed by atoms with Gasteiger partial charge in [-0.25, -0.2) is 0 Å². The van der Waals surface area contributed by atoms with Gasteiger partial charge in [0.05, 0.1) is 6.54 Å². The number of carbonyl (C=O) groups excluding carboxylic acids is 1. The number of amides is 1. The number of hydrogen-bond donors (Lipinski definition) is 0. The van der Waals surface area contributed by atoms with E-state index < -0.39 is 0 Å². The first-order chi connectivity index (χ1) is 11.6. The Labute approximate surface area is 140 Å². The fourth-order valence-corrected chi connectivity index (χ4v) is 2.49. The van der Waals surface area contributed by atoms with Gasteiger partial charge in [-0.1, -0.05) is 48.5 Å². The minimum Gasteiger partial charge on any atom is -0.319 e. The van der Waals surface area contributed by atoms with Crippen molar-refractivity contribution in [2.24, 2.45) is 7.05 Å². The summed E-state index contributed by atoms with van der Waals surface area (Å²) in [5, 5.41) is 0. The van der Waals surface area contributed by atoms with E-state index in [1.54, 1.807) is 24.2 Å². The number of pyridine rings is 1. The van der Waals surface area contributed by atoms with Crippen LogP contribution in [0.3, 0.4) is 0 Å². The molecule has 0 spiro atoms. The largest absolute Gasteiger partial charge is 0.319 e. The highest BCUT2D eigenvalue weighted by Gasteiger charge is 2.18. The number of nitrogens with zero attached hydrogens (tertiary/aromatic N) is 2. The first-order valence-corrected chi connectivity index (χ1v) is 7.72. The Morgan fingerprint density at radius 1 is 0.958 bits per heavy atom. The van der Waals surface area contributed by atoms with Crippen molar-refractivity contribution in [2.75, 3.05) is 4.90 Å². The SMILES string of the molecule is Cn1ccc(C(=O)N(Cc2ccccc2)c2ccccc2)cc1=O. The lowest BCUT2D eigenvalue weighted by Crippen LogP contribution is -2.31. The van der Waals surface area contributed by atoms with E-state index in [-0.39, 0.29) is 11.5 Å². The van der Waals surface area contributed by atoms with Crippen molar-refractivity contribution in [3.8, 4) is 0 Å². The average Bonchev–Trinajstić information content (AvgIpc) is 2.63. The predicted octanol–water partition coefficient (Wildman–Crippen LogP) is 3.23. The normalized spacial score (nSPS) is 10.4. The molecule has 24 heavy (non-hydrogen) atoms. The van der Waals surface area contributed by atoms with Crippen molar-refractivity contribution < 1.29 is 4.79 Å². The van der Waals surface area contributed by atoms with Crippen molar-refractivity contribution >= 4 is 11.6 Å². The van der Waals surface area contributed by atoms with Crippen LogP contribution in [0.25, 0.3) is 0 Å². The summed E-state index contributed by atoms with van der Waals surface area (Å²) in [5.74, 6) is -0.192. The quantitative estimate of drug-likeness (QED) is 0.741. The van der Waals surface area contributed by atoms with Gasteiger partial charge in [0.25, 0.3) is 11.5 Å². The zero-order valence-corrected chi connectivity index (χ0v) is 13.4. The maximum Gasteiger partial charge on any atom is 0.258 e. The predicted molar refractivity (Wildman–Crippen MR) is 95.1 cm³/mol. The zero-order chi connectivity index (χ0) is 16.9. The number of hydrogen-bond acceptors (Lipinski definition) is 2. The molecule has 0 unspecified atom stereocenters. The van der Waals surface area contributed by atoms with E-state index in [1.165, 1.54) is 10.6 Å². The monoisotopic (exact) mass is 318 g/mol. The van der Waals surface area contributed by atoms with Gasteiger partial charge in [-0.15, -0.1) is 0 Å². The summed E-state index contributed by atoms with van der Waals surface area (Å²) in [6.07, 6.45) is 1.61. The highest BCUT2D eigenvalue weighted by molar-refractivity contribution is 6.05. The molecule has 4 nitrogen and oxygen atoms in total. The summed E-state index contributed by atoms with van der Waals surface area (Å²) in [6, 6.07) is 22.3. The molecule has 3 rings (SSSR count). The third kappa shape index (κ3) is 3.43. The zero-order valence-electron chi connectivity index (χ0n) is 13.4. The second-order valence-corrected chi connectivity index (χ2v) is 5.58. The van der Waals surface area contributed by atoms with E-state index in [0.29, 0.717) is 12.1 Å². The summed E-state index contributed by atoms with van der Waals surface area (Å²) in [4.78, 5) is 26.5. The lowest BCUT2D eigenvalue weighted by Gasteiger charge is -2.23. The molecule has 0 radical (unpaired) electrons. The average molecular weight is 318 g/mol. The Morgan fingerprint density at radius 3 is 2.21 bits per heavy atom. The van der Waals surface area contributed by atoms with Gasteiger partial charge in [-0.2, -0.15) is 0 Å². The minimum atomic E-state index is -0.200. The van der Waals surface area contributed by atoms with Crippen LogP contribution in [0.5, 0.6) is 0 Å². The summed E-state index contributed by atoms with van der Waals surface area (Å²) >= 11 is 0.